The second-order valence-corrected chi connectivity index (χ2v) is 7.12. The van der Waals surface area contributed by atoms with E-state index in [9.17, 15) is 4.57 Å². The van der Waals surface area contributed by atoms with E-state index in [4.69, 9.17) is 9.79 Å². The summed E-state index contributed by atoms with van der Waals surface area (Å²) < 4.78 is 10.3. The van der Waals surface area contributed by atoms with Gasteiger partial charge in [0.25, 0.3) is 0 Å². The molecule has 0 aliphatic heterocycles. The zero-order chi connectivity index (χ0) is 8.74. The minimum absolute atomic E-state index is 0.553. The fourth-order valence-corrected chi connectivity index (χ4v) is 2.92. The standard InChI is InChI=1S/C5H13O3PS2/c1-2-10-4-3-5-11-9(6,7)8/h2-5H2,1H3,(H2,6,7,8). The highest BCUT2D eigenvalue weighted by molar-refractivity contribution is 8.54. The molecule has 0 saturated heterocycles. The third kappa shape index (κ3) is 10.8. The number of thioether (sulfide) groups is 1. The lowest BCUT2D eigenvalue weighted by Crippen LogP contribution is -1.84. The molecule has 0 fully saturated rings. The Morgan fingerprint density at radius 1 is 1.36 bits per heavy atom. The van der Waals surface area contributed by atoms with Crippen LogP contribution in [0.25, 0.3) is 0 Å². The van der Waals surface area contributed by atoms with Crippen LogP contribution in [0.5, 0.6) is 0 Å². The molecular weight excluding hydrogens is 203 g/mol. The van der Waals surface area contributed by atoms with E-state index < -0.39 is 6.80 Å². The van der Waals surface area contributed by atoms with Crippen molar-refractivity contribution in [3.05, 3.63) is 0 Å². The maximum absolute atomic E-state index is 10.3. The average molecular weight is 216 g/mol. The van der Waals surface area contributed by atoms with Crippen LogP contribution in [0.15, 0.2) is 0 Å². The van der Waals surface area contributed by atoms with Crippen molar-refractivity contribution in [1.82, 2.24) is 0 Å². The second kappa shape index (κ2) is 6.38. The van der Waals surface area contributed by atoms with Gasteiger partial charge in [0.2, 0.25) is 0 Å². The maximum atomic E-state index is 10.3. The molecule has 11 heavy (non-hydrogen) atoms. The molecule has 0 unspecified atom stereocenters. The molecule has 0 spiro atoms. The molecule has 0 atom stereocenters. The number of hydrogen-bond donors (Lipinski definition) is 2. The monoisotopic (exact) mass is 216 g/mol. The van der Waals surface area contributed by atoms with E-state index in [0.717, 1.165) is 29.3 Å². The first-order chi connectivity index (χ1) is 5.06. The molecule has 0 aliphatic carbocycles. The van der Waals surface area contributed by atoms with Crippen molar-refractivity contribution in [2.75, 3.05) is 17.3 Å². The van der Waals surface area contributed by atoms with Crippen molar-refractivity contribution >= 4 is 29.9 Å². The topological polar surface area (TPSA) is 57.5 Å². The van der Waals surface area contributed by atoms with Gasteiger partial charge in [0.1, 0.15) is 0 Å². The molecule has 68 valence electrons. The highest BCUT2D eigenvalue weighted by Gasteiger charge is 2.11. The van der Waals surface area contributed by atoms with Crippen molar-refractivity contribution < 1.29 is 14.4 Å². The van der Waals surface area contributed by atoms with Crippen LogP contribution in [0.1, 0.15) is 13.3 Å². The van der Waals surface area contributed by atoms with Gasteiger partial charge in [0, 0.05) is 5.75 Å². The average Bonchev–Trinajstić information content (AvgIpc) is 1.85. The van der Waals surface area contributed by atoms with Crippen LogP contribution >= 0.6 is 29.9 Å². The molecule has 6 heteroatoms. The van der Waals surface area contributed by atoms with E-state index in [0.29, 0.717) is 5.75 Å². The predicted molar refractivity (Wildman–Crippen MR) is 52.1 cm³/mol. The van der Waals surface area contributed by atoms with Crippen LogP contribution < -0.4 is 0 Å². The van der Waals surface area contributed by atoms with Gasteiger partial charge in [-0.05, 0) is 29.3 Å². The zero-order valence-electron chi connectivity index (χ0n) is 6.39. The van der Waals surface area contributed by atoms with Crippen LogP contribution in [0.4, 0.5) is 0 Å². The van der Waals surface area contributed by atoms with Crippen LogP contribution in [-0.4, -0.2) is 27.0 Å². The summed E-state index contributed by atoms with van der Waals surface area (Å²) >= 11 is 2.53. The molecule has 0 aromatic carbocycles. The number of rotatable bonds is 6. The maximum Gasteiger partial charge on any atom is 0.383 e. The number of hydrogen-bond acceptors (Lipinski definition) is 3. The van der Waals surface area contributed by atoms with Crippen molar-refractivity contribution in [3.8, 4) is 0 Å². The fourth-order valence-electron chi connectivity index (χ4n) is 0.489. The van der Waals surface area contributed by atoms with E-state index in [-0.39, 0.29) is 0 Å². The molecule has 0 aromatic rings. The molecule has 0 amide bonds. The van der Waals surface area contributed by atoms with Gasteiger partial charge in [-0.25, -0.2) is 4.57 Å². The van der Waals surface area contributed by atoms with Crippen molar-refractivity contribution in [2.24, 2.45) is 0 Å². The summed E-state index contributed by atoms with van der Waals surface area (Å²) in [5.41, 5.74) is 0. The molecule has 3 nitrogen and oxygen atoms in total. The highest BCUT2D eigenvalue weighted by atomic mass is 32.7. The molecule has 0 bridgehead atoms. The summed E-state index contributed by atoms with van der Waals surface area (Å²) in [4.78, 5) is 16.9. The third-order valence-electron chi connectivity index (χ3n) is 0.897. The SMILES string of the molecule is CCSCCCSP(=O)(O)O. The Morgan fingerprint density at radius 3 is 2.45 bits per heavy atom. The van der Waals surface area contributed by atoms with Crippen molar-refractivity contribution in [2.45, 2.75) is 13.3 Å². The van der Waals surface area contributed by atoms with Crippen LogP contribution in [0.3, 0.4) is 0 Å². The Labute approximate surface area is 75.2 Å². The first-order valence-electron chi connectivity index (χ1n) is 3.34. The normalized spacial score (nSPS) is 11.9. The largest absolute Gasteiger partial charge is 0.383 e. The van der Waals surface area contributed by atoms with E-state index in [2.05, 4.69) is 6.92 Å². The first kappa shape index (κ1) is 11.8. The van der Waals surface area contributed by atoms with Gasteiger partial charge in [-0.3, -0.25) is 0 Å². The van der Waals surface area contributed by atoms with Crippen LogP contribution in [0, 0.1) is 0 Å². The lowest BCUT2D eigenvalue weighted by Gasteiger charge is -2.01. The molecule has 0 radical (unpaired) electrons. The summed E-state index contributed by atoms with van der Waals surface area (Å²) in [7, 11) is 0. The third-order valence-corrected chi connectivity index (χ3v) is 4.25. The smallest absolute Gasteiger partial charge is 0.317 e. The van der Waals surface area contributed by atoms with Crippen molar-refractivity contribution in [3.63, 3.8) is 0 Å². The summed E-state index contributed by atoms with van der Waals surface area (Å²) in [6.07, 6.45) is 0.869. The molecule has 0 saturated carbocycles. The summed E-state index contributed by atoms with van der Waals surface area (Å²) in [5.74, 6) is 2.61. The van der Waals surface area contributed by atoms with Gasteiger partial charge in [-0.2, -0.15) is 11.8 Å². The summed E-state index contributed by atoms with van der Waals surface area (Å²) in [5, 5.41) is 0. The quantitative estimate of drug-likeness (QED) is 0.525. The summed E-state index contributed by atoms with van der Waals surface area (Å²) in [6, 6.07) is 0. The first-order valence-corrected chi connectivity index (χ1v) is 7.70. The molecular formula is C5H13O3PS2. The van der Waals surface area contributed by atoms with Gasteiger partial charge in [-0.15, -0.1) is 0 Å². The van der Waals surface area contributed by atoms with E-state index in [1.165, 1.54) is 0 Å². The van der Waals surface area contributed by atoms with E-state index in [1.807, 2.05) is 0 Å². The Bertz CT molecular complexity index is 136. The minimum atomic E-state index is -3.81. The lowest BCUT2D eigenvalue weighted by molar-refractivity contribution is 0.397. The Hall–Kier alpha value is 0.850. The van der Waals surface area contributed by atoms with E-state index >= 15 is 0 Å². The van der Waals surface area contributed by atoms with Crippen LogP contribution in [-0.2, 0) is 4.57 Å². The fraction of sp³-hybridized carbons (Fsp3) is 1.00. The van der Waals surface area contributed by atoms with Gasteiger partial charge in [0.05, 0.1) is 0 Å². The van der Waals surface area contributed by atoms with Gasteiger partial charge in [0.15, 0.2) is 0 Å². The Balaban J connectivity index is 3.09. The van der Waals surface area contributed by atoms with Crippen molar-refractivity contribution in [1.29, 1.82) is 0 Å². The lowest BCUT2D eigenvalue weighted by atomic mass is 10.6. The molecule has 0 heterocycles. The second-order valence-electron chi connectivity index (χ2n) is 1.87. The van der Waals surface area contributed by atoms with Gasteiger partial charge in [-0.1, -0.05) is 6.92 Å². The minimum Gasteiger partial charge on any atom is -0.317 e. The zero-order valence-corrected chi connectivity index (χ0v) is 8.92. The molecule has 0 aromatic heterocycles. The van der Waals surface area contributed by atoms with Gasteiger partial charge < -0.3 is 9.79 Å². The highest BCUT2D eigenvalue weighted by Crippen LogP contribution is 2.50. The Morgan fingerprint density at radius 2 is 2.00 bits per heavy atom. The molecule has 2 N–H and O–H groups in total. The van der Waals surface area contributed by atoms with E-state index in [1.54, 1.807) is 11.8 Å². The van der Waals surface area contributed by atoms with Gasteiger partial charge >= 0.3 is 6.80 Å². The Kier molecular flexibility index (Phi) is 6.87. The molecule has 0 rings (SSSR count). The predicted octanol–water partition coefficient (Wildman–Crippen LogP) is 1.96. The summed E-state index contributed by atoms with van der Waals surface area (Å²) in [6.45, 7) is -1.74. The van der Waals surface area contributed by atoms with Crippen LogP contribution in [0.2, 0.25) is 0 Å². The molecule has 0 aliphatic rings.